The van der Waals surface area contributed by atoms with Crippen LogP contribution in [0.2, 0.25) is 0 Å². The topological polar surface area (TPSA) is 38.7 Å². The Balaban J connectivity index is 1.08. The third-order valence-electron chi connectivity index (χ3n) is 10.5. The number of hydrogen-bond donors (Lipinski definition) is 0. The lowest BCUT2D eigenvalue weighted by atomic mass is 9.95. The molecule has 0 N–H and O–H groups in total. The molecule has 0 unspecified atom stereocenters. The molecule has 0 aliphatic heterocycles. The molecule has 0 saturated carbocycles. The van der Waals surface area contributed by atoms with Crippen molar-refractivity contribution in [2.24, 2.45) is 0 Å². The summed E-state index contributed by atoms with van der Waals surface area (Å²) in [5.41, 5.74) is 10.1. The van der Waals surface area contributed by atoms with E-state index in [0.717, 1.165) is 27.8 Å². The summed E-state index contributed by atoms with van der Waals surface area (Å²) in [6.45, 7) is 0. The molecular formula is C51H31N3S2. The van der Waals surface area contributed by atoms with E-state index in [0.29, 0.717) is 17.5 Å². The van der Waals surface area contributed by atoms with Gasteiger partial charge in [-0.2, -0.15) is 0 Å². The second-order valence-electron chi connectivity index (χ2n) is 14.0. The van der Waals surface area contributed by atoms with E-state index >= 15 is 0 Å². The molecule has 0 radical (unpaired) electrons. The predicted octanol–water partition coefficient (Wildman–Crippen LogP) is 14.6. The van der Waals surface area contributed by atoms with Gasteiger partial charge in [0.2, 0.25) is 0 Å². The van der Waals surface area contributed by atoms with Gasteiger partial charge in [0.1, 0.15) is 0 Å². The first kappa shape index (κ1) is 32.6. The monoisotopic (exact) mass is 749 g/mol. The van der Waals surface area contributed by atoms with Gasteiger partial charge in [-0.3, -0.25) is 0 Å². The molecule has 11 rings (SSSR count). The Bertz CT molecular complexity index is 3240. The third kappa shape index (κ3) is 5.68. The number of rotatable bonds is 6. The summed E-state index contributed by atoms with van der Waals surface area (Å²) in [5.74, 6) is 1.96. The van der Waals surface area contributed by atoms with E-state index < -0.39 is 0 Å². The Kier molecular flexibility index (Phi) is 7.87. The van der Waals surface area contributed by atoms with E-state index in [-0.39, 0.29) is 0 Å². The summed E-state index contributed by atoms with van der Waals surface area (Å²) < 4.78 is 5.10. The maximum atomic E-state index is 5.14. The van der Waals surface area contributed by atoms with Crippen molar-refractivity contribution >= 4 is 63.0 Å². The minimum Gasteiger partial charge on any atom is -0.208 e. The summed E-state index contributed by atoms with van der Waals surface area (Å²) in [5, 5.41) is 5.09. The van der Waals surface area contributed by atoms with Crippen molar-refractivity contribution in [3.8, 4) is 67.5 Å². The van der Waals surface area contributed by atoms with Crippen molar-refractivity contribution in [2.75, 3.05) is 0 Å². The summed E-state index contributed by atoms with van der Waals surface area (Å²) in [6.07, 6.45) is 0. The van der Waals surface area contributed by atoms with Crippen molar-refractivity contribution in [2.45, 2.75) is 0 Å². The number of benzene rings is 8. The highest BCUT2D eigenvalue weighted by molar-refractivity contribution is 7.27. The van der Waals surface area contributed by atoms with Crippen LogP contribution in [0.1, 0.15) is 0 Å². The van der Waals surface area contributed by atoms with Gasteiger partial charge in [0.25, 0.3) is 0 Å². The maximum Gasteiger partial charge on any atom is 0.164 e. The average Bonchev–Trinajstić information content (AvgIpc) is 3.85. The Morgan fingerprint density at radius 1 is 0.268 bits per heavy atom. The molecular weight excluding hydrogens is 719 g/mol. The molecule has 0 aliphatic carbocycles. The van der Waals surface area contributed by atoms with Crippen LogP contribution in [0, 0.1) is 0 Å². The first-order chi connectivity index (χ1) is 27.7. The largest absolute Gasteiger partial charge is 0.208 e. The highest BCUT2D eigenvalue weighted by Crippen LogP contribution is 2.47. The van der Waals surface area contributed by atoms with E-state index in [1.54, 1.807) is 0 Å². The quantitative estimate of drug-likeness (QED) is 0.170. The van der Waals surface area contributed by atoms with E-state index in [9.17, 15) is 0 Å². The van der Waals surface area contributed by atoms with Crippen LogP contribution < -0.4 is 0 Å². The van der Waals surface area contributed by atoms with E-state index in [2.05, 4.69) is 164 Å². The van der Waals surface area contributed by atoms with Gasteiger partial charge in [-0.1, -0.05) is 158 Å². The van der Waals surface area contributed by atoms with Gasteiger partial charge in [-0.15, -0.1) is 22.7 Å². The molecule has 0 bridgehead atoms. The first-order valence-electron chi connectivity index (χ1n) is 18.7. The maximum absolute atomic E-state index is 5.14. The van der Waals surface area contributed by atoms with Crippen molar-refractivity contribution in [1.29, 1.82) is 0 Å². The molecule has 0 fully saturated rings. The lowest BCUT2D eigenvalue weighted by Gasteiger charge is -2.10. The van der Waals surface area contributed by atoms with Gasteiger partial charge in [0.15, 0.2) is 17.5 Å². The third-order valence-corrected chi connectivity index (χ3v) is 12.9. The van der Waals surface area contributed by atoms with Gasteiger partial charge in [-0.05, 0) is 52.6 Å². The summed E-state index contributed by atoms with van der Waals surface area (Å²) >= 11 is 3.73. The van der Waals surface area contributed by atoms with Crippen LogP contribution >= 0.6 is 22.7 Å². The summed E-state index contributed by atoms with van der Waals surface area (Å²) in [7, 11) is 0. The minimum atomic E-state index is 0.649. The summed E-state index contributed by atoms with van der Waals surface area (Å²) in [6, 6.07) is 66.8. The van der Waals surface area contributed by atoms with Crippen LogP contribution in [0.4, 0.5) is 0 Å². The Labute approximate surface area is 331 Å². The number of hydrogen-bond acceptors (Lipinski definition) is 5. The second kappa shape index (κ2) is 13.5. The van der Waals surface area contributed by atoms with Gasteiger partial charge in [0.05, 0.1) is 0 Å². The second-order valence-corrected chi connectivity index (χ2v) is 16.1. The zero-order valence-electron chi connectivity index (χ0n) is 30.1. The zero-order chi connectivity index (χ0) is 37.0. The first-order valence-corrected chi connectivity index (χ1v) is 20.3. The fourth-order valence-electron chi connectivity index (χ4n) is 7.79. The minimum absolute atomic E-state index is 0.649. The van der Waals surface area contributed by atoms with Crippen molar-refractivity contribution in [3.05, 3.63) is 188 Å². The van der Waals surface area contributed by atoms with Crippen LogP contribution in [0.25, 0.3) is 108 Å². The Morgan fingerprint density at radius 2 is 0.786 bits per heavy atom. The standard InChI is InChI=1S/C51H31N3S2/c1-4-14-32(15-5-1)35-20-12-21-36(28-35)50-52-49(34-18-8-3-9-19-34)53-51(54-50)37-26-27-40-41-23-13-24-42(47(41)56-46(40)31-37)44-30-38(33-16-6-2-7-17-33)29-43-39-22-10-11-25-45(39)55-48(43)44/h1-31H. The van der Waals surface area contributed by atoms with Crippen LogP contribution in [0.5, 0.6) is 0 Å². The molecule has 3 nitrogen and oxygen atoms in total. The molecule has 3 heterocycles. The molecule has 56 heavy (non-hydrogen) atoms. The lowest BCUT2D eigenvalue weighted by molar-refractivity contribution is 1.07. The molecule has 3 aromatic heterocycles. The van der Waals surface area contributed by atoms with Crippen LogP contribution in [-0.2, 0) is 0 Å². The Hall–Kier alpha value is -6.79. The number of nitrogens with zero attached hydrogens (tertiary/aromatic N) is 3. The average molecular weight is 750 g/mol. The smallest absolute Gasteiger partial charge is 0.164 e. The van der Waals surface area contributed by atoms with Crippen molar-refractivity contribution in [1.82, 2.24) is 15.0 Å². The van der Waals surface area contributed by atoms with Crippen molar-refractivity contribution in [3.63, 3.8) is 0 Å². The molecule has 0 saturated heterocycles. The molecule has 0 amide bonds. The molecule has 8 aromatic carbocycles. The SMILES string of the molecule is c1ccc(-c2cccc(-c3nc(-c4ccccc4)nc(-c4ccc5c(c4)sc4c(-c6cc(-c7ccccc7)cc7c6sc6ccccc67)cccc45)n3)c2)cc1. The lowest BCUT2D eigenvalue weighted by Crippen LogP contribution is -2.00. The number of thiophene rings is 2. The van der Waals surface area contributed by atoms with Gasteiger partial charge in [0, 0.05) is 68.2 Å². The molecule has 0 spiro atoms. The van der Waals surface area contributed by atoms with E-state index in [1.807, 2.05) is 46.9 Å². The molecule has 262 valence electrons. The van der Waals surface area contributed by atoms with E-state index in [4.69, 9.17) is 15.0 Å². The molecule has 0 aliphatic rings. The van der Waals surface area contributed by atoms with Gasteiger partial charge in [-0.25, -0.2) is 15.0 Å². The molecule has 0 atom stereocenters. The highest BCUT2D eigenvalue weighted by Gasteiger charge is 2.19. The van der Waals surface area contributed by atoms with Gasteiger partial charge >= 0.3 is 0 Å². The fraction of sp³-hybridized carbons (Fsp3) is 0. The molecule has 11 aromatic rings. The normalized spacial score (nSPS) is 11.6. The van der Waals surface area contributed by atoms with Crippen LogP contribution in [-0.4, -0.2) is 15.0 Å². The van der Waals surface area contributed by atoms with Gasteiger partial charge < -0.3 is 0 Å². The van der Waals surface area contributed by atoms with E-state index in [1.165, 1.54) is 62.6 Å². The van der Waals surface area contributed by atoms with Crippen LogP contribution in [0.3, 0.4) is 0 Å². The summed E-state index contributed by atoms with van der Waals surface area (Å²) in [4.78, 5) is 15.2. The molecule has 5 heteroatoms. The predicted molar refractivity (Wildman–Crippen MR) is 238 cm³/mol. The van der Waals surface area contributed by atoms with Crippen molar-refractivity contribution < 1.29 is 0 Å². The Morgan fingerprint density at radius 3 is 1.54 bits per heavy atom. The highest BCUT2D eigenvalue weighted by atomic mass is 32.1. The number of aromatic nitrogens is 3. The fourth-order valence-corrected chi connectivity index (χ4v) is 10.3. The number of fused-ring (bicyclic) bond motifs is 6. The zero-order valence-corrected chi connectivity index (χ0v) is 31.7. The van der Waals surface area contributed by atoms with Crippen LogP contribution in [0.15, 0.2) is 188 Å².